The van der Waals surface area contributed by atoms with E-state index in [1.54, 1.807) is 0 Å². The van der Waals surface area contributed by atoms with Gasteiger partial charge in [0.1, 0.15) is 0 Å². The molecule has 4 nitrogen and oxygen atoms in total. The number of carbonyl (C=O) groups excluding carboxylic acids is 1. The lowest BCUT2D eigenvalue weighted by Crippen LogP contribution is -2.31. The Morgan fingerprint density at radius 2 is 1.76 bits per heavy atom. The number of aryl methyl sites for hydroxylation is 1. The maximum Gasteiger partial charge on any atom is 0.239 e. The molecule has 0 heterocycles. The van der Waals surface area contributed by atoms with Gasteiger partial charge in [-0.2, -0.15) is 0 Å². The standard InChI is InChI=1S/C21H29N3O/c1-4-24(5-2)19-11-12-20(17(3)15-19)23-16-21(25)22-14-13-18-9-7-6-8-10-18/h6-12,15,23H,4-5,13-14,16H2,1-3H3,(H,22,25). The van der Waals surface area contributed by atoms with E-state index in [9.17, 15) is 4.79 Å². The van der Waals surface area contributed by atoms with Gasteiger partial charge in [-0.25, -0.2) is 0 Å². The minimum Gasteiger partial charge on any atom is -0.376 e. The molecule has 25 heavy (non-hydrogen) atoms. The summed E-state index contributed by atoms with van der Waals surface area (Å²) in [6, 6.07) is 16.5. The Kier molecular flexibility index (Phi) is 7.33. The van der Waals surface area contributed by atoms with Gasteiger partial charge in [-0.05, 0) is 56.5 Å². The minimum atomic E-state index is 0.0168. The fourth-order valence-electron chi connectivity index (χ4n) is 2.86. The lowest BCUT2D eigenvalue weighted by molar-refractivity contribution is -0.119. The molecule has 0 unspecified atom stereocenters. The SMILES string of the molecule is CCN(CC)c1ccc(NCC(=O)NCCc2ccccc2)c(C)c1. The second kappa shape index (κ2) is 9.72. The molecular weight excluding hydrogens is 310 g/mol. The van der Waals surface area contributed by atoms with Crippen LogP contribution in [0.3, 0.4) is 0 Å². The Morgan fingerprint density at radius 3 is 2.40 bits per heavy atom. The third kappa shape index (κ3) is 5.82. The predicted octanol–water partition coefficient (Wildman–Crippen LogP) is 3.61. The van der Waals surface area contributed by atoms with Crippen LogP contribution in [0.1, 0.15) is 25.0 Å². The highest BCUT2D eigenvalue weighted by Crippen LogP contribution is 2.22. The lowest BCUT2D eigenvalue weighted by Gasteiger charge is -2.22. The average Bonchev–Trinajstić information content (AvgIpc) is 2.63. The van der Waals surface area contributed by atoms with Gasteiger partial charge < -0.3 is 15.5 Å². The summed E-state index contributed by atoms with van der Waals surface area (Å²) in [5.41, 5.74) is 4.62. The van der Waals surface area contributed by atoms with Crippen LogP contribution in [0.5, 0.6) is 0 Å². The second-order valence-corrected chi connectivity index (χ2v) is 6.11. The Balaban J connectivity index is 1.79. The van der Waals surface area contributed by atoms with Gasteiger partial charge in [0, 0.05) is 31.0 Å². The van der Waals surface area contributed by atoms with Crippen molar-refractivity contribution < 1.29 is 4.79 Å². The van der Waals surface area contributed by atoms with Gasteiger partial charge in [0.05, 0.1) is 6.54 Å². The maximum absolute atomic E-state index is 12.0. The highest BCUT2D eigenvalue weighted by Gasteiger charge is 2.06. The van der Waals surface area contributed by atoms with Gasteiger partial charge in [0.25, 0.3) is 0 Å². The molecule has 0 aliphatic carbocycles. The van der Waals surface area contributed by atoms with E-state index in [1.165, 1.54) is 11.3 Å². The molecule has 2 aromatic carbocycles. The molecule has 0 radical (unpaired) electrons. The van der Waals surface area contributed by atoms with E-state index in [-0.39, 0.29) is 5.91 Å². The molecule has 0 fully saturated rings. The summed E-state index contributed by atoms with van der Waals surface area (Å²) in [6.07, 6.45) is 0.851. The molecule has 0 aliphatic rings. The summed E-state index contributed by atoms with van der Waals surface area (Å²) in [5, 5.41) is 6.19. The third-order valence-electron chi connectivity index (χ3n) is 4.36. The number of benzene rings is 2. The van der Waals surface area contributed by atoms with Gasteiger partial charge in [0.2, 0.25) is 5.91 Å². The summed E-state index contributed by atoms with van der Waals surface area (Å²) in [4.78, 5) is 14.3. The van der Waals surface area contributed by atoms with Crippen molar-refractivity contribution in [1.29, 1.82) is 0 Å². The average molecular weight is 339 g/mol. The first kappa shape index (κ1) is 18.8. The first-order valence-corrected chi connectivity index (χ1v) is 9.04. The number of rotatable bonds is 9. The van der Waals surface area contributed by atoms with Crippen LogP contribution in [0.4, 0.5) is 11.4 Å². The van der Waals surface area contributed by atoms with Crippen molar-refractivity contribution in [3.05, 3.63) is 59.7 Å². The molecule has 0 aromatic heterocycles. The highest BCUT2D eigenvalue weighted by molar-refractivity contribution is 5.81. The van der Waals surface area contributed by atoms with Crippen LogP contribution in [-0.4, -0.2) is 32.1 Å². The number of anilines is 2. The fourth-order valence-corrected chi connectivity index (χ4v) is 2.86. The quantitative estimate of drug-likeness (QED) is 0.733. The van der Waals surface area contributed by atoms with Crippen LogP contribution >= 0.6 is 0 Å². The molecule has 0 saturated heterocycles. The first-order valence-electron chi connectivity index (χ1n) is 9.04. The van der Waals surface area contributed by atoms with Gasteiger partial charge in [-0.15, -0.1) is 0 Å². The molecule has 0 aliphatic heterocycles. The smallest absolute Gasteiger partial charge is 0.239 e. The Hall–Kier alpha value is -2.49. The van der Waals surface area contributed by atoms with Crippen LogP contribution in [-0.2, 0) is 11.2 Å². The molecule has 2 rings (SSSR count). The van der Waals surface area contributed by atoms with E-state index < -0.39 is 0 Å². The Morgan fingerprint density at radius 1 is 1.04 bits per heavy atom. The molecule has 1 amide bonds. The molecule has 2 N–H and O–H groups in total. The predicted molar refractivity (Wildman–Crippen MR) is 106 cm³/mol. The third-order valence-corrected chi connectivity index (χ3v) is 4.36. The first-order chi connectivity index (χ1) is 12.1. The molecule has 4 heteroatoms. The van der Waals surface area contributed by atoms with Crippen molar-refractivity contribution in [3.63, 3.8) is 0 Å². The zero-order chi connectivity index (χ0) is 18.1. The summed E-state index contributed by atoms with van der Waals surface area (Å²) >= 11 is 0. The van der Waals surface area contributed by atoms with Crippen molar-refractivity contribution >= 4 is 17.3 Å². The number of nitrogens with one attached hydrogen (secondary N) is 2. The van der Waals surface area contributed by atoms with Crippen molar-refractivity contribution in [2.45, 2.75) is 27.2 Å². The van der Waals surface area contributed by atoms with Gasteiger partial charge in [-0.1, -0.05) is 30.3 Å². The van der Waals surface area contributed by atoms with Crippen molar-refractivity contribution in [2.24, 2.45) is 0 Å². The van der Waals surface area contributed by atoms with E-state index >= 15 is 0 Å². The van der Waals surface area contributed by atoms with Crippen molar-refractivity contribution in [2.75, 3.05) is 36.4 Å². The second-order valence-electron chi connectivity index (χ2n) is 6.11. The molecule has 134 valence electrons. The Bertz CT molecular complexity index is 666. The van der Waals surface area contributed by atoms with E-state index in [0.717, 1.165) is 30.8 Å². The molecule has 0 atom stereocenters. The molecular formula is C21H29N3O. The van der Waals surface area contributed by atoms with Gasteiger partial charge >= 0.3 is 0 Å². The molecule has 0 saturated carbocycles. The number of amides is 1. The number of nitrogens with zero attached hydrogens (tertiary/aromatic N) is 1. The van der Waals surface area contributed by atoms with E-state index in [2.05, 4.69) is 66.6 Å². The zero-order valence-corrected chi connectivity index (χ0v) is 15.5. The maximum atomic E-state index is 12.0. The van der Waals surface area contributed by atoms with Crippen LogP contribution in [0, 0.1) is 6.92 Å². The molecule has 0 spiro atoms. The largest absolute Gasteiger partial charge is 0.376 e. The topological polar surface area (TPSA) is 44.4 Å². The fraction of sp³-hybridized carbons (Fsp3) is 0.381. The van der Waals surface area contributed by atoms with E-state index in [1.807, 2.05) is 18.2 Å². The summed E-state index contributed by atoms with van der Waals surface area (Å²) in [7, 11) is 0. The van der Waals surface area contributed by atoms with Gasteiger partial charge in [0.15, 0.2) is 0 Å². The van der Waals surface area contributed by atoms with Crippen molar-refractivity contribution in [1.82, 2.24) is 5.32 Å². The number of hydrogen-bond acceptors (Lipinski definition) is 3. The van der Waals surface area contributed by atoms with Gasteiger partial charge in [-0.3, -0.25) is 4.79 Å². The van der Waals surface area contributed by atoms with Crippen LogP contribution in [0.15, 0.2) is 48.5 Å². The van der Waals surface area contributed by atoms with Crippen molar-refractivity contribution in [3.8, 4) is 0 Å². The normalized spacial score (nSPS) is 10.4. The summed E-state index contributed by atoms with van der Waals surface area (Å²) in [6.45, 7) is 9.32. The lowest BCUT2D eigenvalue weighted by atomic mass is 10.1. The number of carbonyl (C=O) groups is 1. The zero-order valence-electron chi connectivity index (χ0n) is 15.5. The highest BCUT2D eigenvalue weighted by atomic mass is 16.1. The molecule has 0 bridgehead atoms. The monoisotopic (exact) mass is 339 g/mol. The van der Waals surface area contributed by atoms with E-state index in [0.29, 0.717) is 13.1 Å². The summed E-state index contributed by atoms with van der Waals surface area (Å²) in [5.74, 6) is 0.0168. The minimum absolute atomic E-state index is 0.0168. The van der Waals surface area contributed by atoms with Crippen LogP contribution < -0.4 is 15.5 Å². The summed E-state index contributed by atoms with van der Waals surface area (Å²) < 4.78 is 0. The number of hydrogen-bond donors (Lipinski definition) is 2. The Labute approximate surface area is 151 Å². The molecule has 2 aromatic rings. The van der Waals surface area contributed by atoms with Crippen LogP contribution in [0.25, 0.3) is 0 Å². The van der Waals surface area contributed by atoms with E-state index in [4.69, 9.17) is 0 Å². The van der Waals surface area contributed by atoms with Crippen LogP contribution in [0.2, 0.25) is 0 Å².